The summed E-state index contributed by atoms with van der Waals surface area (Å²) < 4.78 is 69.9. The van der Waals surface area contributed by atoms with Crippen LogP contribution in [0.1, 0.15) is 43.9 Å². The van der Waals surface area contributed by atoms with Crippen LogP contribution in [-0.4, -0.2) is 43.8 Å². The number of hydrogen-bond acceptors (Lipinski definition) is 4. The largest absolute Gasteiger partial charge is 0.417 e. The Balaban J connectivity index is 2.17. The topological polar surface area (TPSA) is 86.8 Å². The van der Waals surface area contributed by atoms with Crippen molar-refractivity contribution in [2.45, 2.75) is 63.8 Å². The minimum atomic E-state index is -4.90. The van der Waals surface area contributed by atoms with Gasteiger partial charge in [0.25, 0.3) is 10.0 Å². The SMILES string of the molecule is CCC(C(=O)NC(C)C)N(Cc1ccc(Cl)c(Cl)c1)C(=O)CN(c1ccc(Cl)c(C(F)(F)F)c1)S(=O)(=O)c1ccc(C)cc1. The Kier molecular flexibility index (Phi) is 11.6. The first-order valence-electron chi connectivity index (χ1n) is 13.5. The molecule has 1 atom stereocenters. The Bertz CT molecular complexity index is 1620. The summed E-state index contributed by atoms with van der Waals surface area (Å²) in [6, 6.07) is 11.5. The minimum Gasteiger partial charge on any atom is -0.352 e. The summed E-state index contributed by atoms with van der Waals surface area (Å²) in [7, 11) is -4.60. The van der Waals surface area contributed by atoms with Crippen molar-refractivity contribution in [3.63, 3.8) is 0 Å². The molecular weight excluding hydrogens is 662 g/mol. The van der Waals surface area contributed by atoms with Crippen LogP contribution in [-0.2, 0) is 32.3 Å². The van der Waals surface area contributed by atoms with Crippen LogP contribution in [0.15, 0.2) is 65.6 Å². The quantitative estimate of drug-likeness (QED) is 0.226. The molecule has 0 heterocycles. The molecule has 1 unspecified atom stereocenters. The van der Waals surface area contributed by atoms with E-state index in [0.717, 1.165) is 17.7 Å². The van der Waals surface area contributed by atoms with Gasteiger partial charge in [-0.2, -0.15) is 13.2 Å². The molecule has 238 valence electrons. The molecule has 3 aromatic rings. The van der Waals surface area contributed by atoms with Gasteiger partial charge in [-0.1, -0.05) is 65.5 Å². The van der Waals surface area contributed by atoms with Crippen LogP contribution >= 0.6 is 34.8 Å². The van der Waals surface area contributed by atoms with E-state index in [-0.39, 0.29) is 33.9 Å². The molecular formula is C30H31Cl3F3N3O4S. The number of aryl methyl sites for hydroxylation is 1. The fourth-order valence-electron chi connectivity index (χ4n) is 4.39. The summed E-state index contributed by atoms with van der Waals surface area (Å²) in [5.74, 6) is -1.34. The Labute approximate surface area is 269 Å². The summed E-state index contributed by atoms with van der Waals surface area (Å²) in [4.78, 5) is 28.2. The molecule has 3 aromatic carbocycles. The van der Waals surface area contributed by atoms with Gasteiger partial charge in [0.1, 0.15) is 12.6 Å². The van der Waals surface area contributed by atoms with Gasteiger partial charge < -0.3 is 10.2 Å². The molecule has 0 saturated heterocycles. The van der Waals surface area contributed by atoms with Crippen molar-refractivity contribution in [3.05, 3.63) is 92.4 Å². The number of hydrogen-bond donors (Lipinski definition) is 1. The summed E-state index contributed by atoms with van der Waals surface area (Å²) in [5, 5.41) is 2.58. The van der Waals surface area contributed by atoms with Crippen LogP contribution in [0, 0.1) is 6.92 Å². The second-order valence-electron chi connectivity index (χ2n) is 10.3. The lowest BCUT2D eigenvalue weighted by Gasteiger charge is -2.33. The van der Waals surface area contributed by atoms with Crippen molar-refractivity contribution in [2.24, 2.45) is 0 Å². The lowest BCUT2D eigenvalue weighted by Crippen LogP contribution is -2.53. The molecule has 0 aliphatic heterocycles. The van der Waals surface area contributed by atoms with Crippen molar-refractivity contribution in [1.82, 2.24) is 10.2 Å². The Morgan fingerprint density at radius 1 is 0.909 bits per heavy atom. The summed E-state index contributed by atoms with van der Waals surface area (Å²) in [6.07, 6.45) is -4.76. The molecule has 0 aliphatic carbocycles. The van der Waals surface area contributed by atoms with E-state index in [0.29, 0.717) is 15.9 Å². The lowest BCUT2D eigenvalue weighted by atomic mass is 10.1. The van der Waals surface area contributed by atoms with Gasteiger partial charge in [0.15, 0.2) is 0 Å². The first-order valence-corrected chi connectivity index (χ1v) is 16.0. The van der Waals surface area contributed by atoms with E-state index in [2.05, 4.69) is 5.32 Å². The van der Waals surface area contributed by atoms with E-state index in [1.807, 2.05) is 0 Å². The van der Waals surface area contributed by atoms with E-state index in [1.54, 1.807) is 33.8 Å². The Morgan fingerprint density at radius 2 is 1.52 bits per heavy atom. The molecule has 0 spiro atoms. The molecule has 1 N–H and O–H groups in total. The Morgan fingerprint density at radius 3 is 2.07 bits per heavy atom. The highest BCUT2D eigenvalue weighted by molar-refractivity contribution is 7.92. The van der Waals surface area contributed by atoms with E-state index in [4.69, 9.17) is 34.8 Å². The summed E-state index contributed by atoms with van der Waals surface area (Å²) in [6.45, 7) is 5.79. The molecule has 7 nitrogen and oxygen atoms in total. The molecule has 14 heteroatoms. The van der Waals surface area contributed by atoms with Gasteiger partial charge in [0.2, 0.25) is 11.8 Å². The maximum Gasteiger partial charge on any atom is 0.417 e. The number of nitrogens with one attached hydrogen (secondary N) is 1. The molecule has 0 fully saturated rings. The molecule has 0 saturated carbocycles. The van der Waals surface area contributed by atoms with E-state index in [9.17, 15) is 31.2 Å². The summed E-state index contributed by atoms with van der Waals surface area (Å²) in [5.41, 5.74) is -0.483. The van der Waals surface area contributed by atoms with E-state index < -0.39 is 56.9 Å². The second kappa shape index (κ2) is 14.4. The molecule has 44 heavy (non-hydrogen) atoms. The first-order chi connectivity index (χ1) is 20.4. The second-order valence-corrected chi connectivity index (χ2v) is 13.4. The van der Waals surface area contributed by atoms with Gasteiger partial charge in [-0.3, -0.25) is 13.9 Å². The maximum absolute atomic E-state index is 14.1. The average Bonchev–Trinajstić information content (AvgIpc) is 2.93. The average molecular weight is 693 g/mol. The molecule has 0 aliphatic rings. The number of amides is 2. The van der Waals surface area contributed by atoms with Gasteiger partial charge in [-0.25, -0.2) is 8.42 Å². The van der Waals surface area contributed by atoms with Gasteiger partial charge in [0, 0.05) is 12.6 Å². The van der Waals surface area contributed by atoms with Crippen LogP contribution in [0.2, 0.25) is 15.1 Å². The summed E-state index contributed by atoms with van der Waals surface area (Å²) >= 11 is 18.0. The fraction of sp³-hybridized carbons (Fsp3) is 0.333. The third kappa shape index (κ3) is 8.59. The molecule has 0 bridgehead atoms. The number of rotatable bonds is 11. The Hall–Kier alpha value is -2.99. The number of carbonyl (C=O) groups is 2. The zero-order valence-electron chi connectivity index (χ0n) is 24.3. The smallest absolute Gasteiger partial charge is 0.352 e. The predicted octanol–water partition coefficient (Wildman–Crippen LogP) is 7.50. The predicted molar refractivity (Wildman–Crippen MR) is 167 cm³/mol. The fourth-order valence-corrected chi connectivity index (χ4v) is 6.34. The lowest BCUT2D eigenvalue weighted by molar-refractivity contribution is -0.140. The van der Waals surface area contributed by atoms with Crippen molar-refractivity contribution in [1.29, 1.82) is 0 Å². The van der Waals surface area contributed by atoms with Crippen molar-refractivity contribution in [3.8, 4) is 0 Å². The van der Waals surface area contributed by atoms with Gasteiger partial charge in [0.05, 0.1) is 31.2 Å². The van der Waals surface area contributed by atoms with Crippen molar-refractivity contribution >= 4 is 62.3 Å². The van der Waals surface area contributed by atoms with Crippen molar-refractivity contribution < 1.29 is 31.2 Å². The van der Waals surface area contributed by atoms with Crippen LogP contribution in [0.3, 0.4) is 0 Å². The standard InChI is InChI=1S/C30H31Cl3F3N3O4S/c1-5-27(29(41)37-18(2)3)38(16-20-8-12-25(32)26(33)14-20)28(40)17-39(44(42,43)22-10-6-19(4)7-11-22)21-9-13-24(31)23(15-21)30(34,35)36/h6-15,18,27H,5,16-17H2,1-4H3,(H,37,41). The zero-order valence-corrected chi connectivity index (χ0v) is 27.3. The molecule has 0 aromatic heterocycles. The van der Waals surface area contributed by atoms with E-state index in [1.165, 1.54) is 41.3 Å². The normalized spacial score (nSPS) is 12.6. The number of carbonyl (C=O) groups excluding carboxylic acids is 2. The first kappa shape index (κ1) is 35.5. The highest BCUT2D eigenvalue weighted by Gasteiger charge is 2.37. The van der Waals surface area contributed by atoms with Crippen LogP contribution < -0.4 is 9.62 Å². The third-order valence-electron chi connectivity index (χ3n) is 6.58. The highest BCUT2D eigenvalue weighted by Crippen LogP contribution is 2.38. The number of alkyl halides is 3. The molecule has 2 amide bonds. The minimum absolute atomic E-state index is 0.148. The third-order valence-corrected chi connectivity index (χ3v) is 9.44. The van der Waals surface area contributed by atoms with Gasteiger partial charge in [-0.05, 0) is 75.2 Å². The van der Waals surface area contributed by atoms with Crippen LogP contribution in [0.5, 0.6) is 0 Å². The van der Waals surface area contributed by atoms with Crippen molar-refractivity contribution in [2.75, 3.05) is 10.8 Å². The number of halogens is 6. The molecule has 3 rings (SSSR count). The van der Waals surface area contributed by atoms with Crippen LogP contribution in [0.4, 0.5) is 18.9 Å². The number of benzene rings is 3. The van der Waals surface area contributed by atoms with E-state index >= 15 is 0 Å². The highest BCUT2D eigenvalue weighted by atomic mass is 35.5. The molecule has 0 radical (unpaired) electrons. The van der Waals surface area contributed by atoms with Gasteiger partial charge >= 0.3 is 6.18 Å². The monoisotopic (exact) mass is 691 g/mol. The number of nitrogens with zero attached hydrogens (tertiary/aromatic N) is 2. The van der Waals surface area contributed by atoms with Crippen LogP contribution in [0.25, 0.3) is 0 Å². The zero-order chi connectivity index (χ0) is 33.0. The number of anilines is 1. The maximum atomic E-state index is 14.1. The van der Waals surface area contributed by atoms with Gasteiger partial charge in [-0.15, -0.1) is 0 Å². The number of sulfonamides is 1.